The molecule has 1 fully saturated rings. The third-order valence-corrected chi connectivity index (χ3v) is 5.17. The number of nitrogens with one attached hydrogen (secondary N) is 1. The maximum Gasteiger partial charge on any atom is 0.220 e. The van der Waals surface area contributed by atoms with Gasteiger partial charge in [-0.15, -0.1) is 0 Å². The lowest BCUT2D eigenvalue weighted by atomic mass is 10.0. The Hall–Kier alpha value is -1.84. The lowest BCUT2D eigenvalue weighted by Gasteiger charge is -2.29. The smallest absolute Gasteiger partial charge is 0.220 e. The van der Waals surface area contributed by atoms with Crippen molar-refractivity contribution in [2.45, 2.75) is 31.7 Å². The summed E-state index contributed by atoms with van der Waals surface area (Å²) in [5, 5.41) is 3.89. The summed E-state index contributed by atoms with van der Waals surface area (Å²) in [6.45, 7) is 2.74. The lowest BCUT2D eigenvalue weighted by Crippen LogP contribution is -2.37. The first-order chi connectivity index (χ1) is 12.2. The molecule has 1 aliphatic heterocycles. The molecule has 25 heavy (non-hydrogen) atoms. The molecule has 0 aromatic heterocycles. The number of benzene rings is 2. The van der Waals surface area contributed by atoms with Crippen LogP contribution in [0, 0.1) is 0 Å². The summed E-state index contributed by atoms with van der Waals surface area (Å²) in [6.07, 6.45) is 3.71. The van der Waals surface area contributed by atoms with Gasteiger partial charge in [0, 0.05) is 18.0 Å². The van der Waals surface area contributed by atoms with Gasteiger partial charge in [-0.2, -0.15) is 0 Å². The monoisotopic (exact) mass is 356 g/mol. The summed E-state index contributed by atoms with van der Waals surface area (Å²) in [6, 6.07) is 18.2. The minimum Gasteiger partial charge on any atom is -0.354 e. The summed E-state index contributed by atoms with van der Waals surface area (Å²) in [5.74, 6) is 0.0973. The summed E-state index contributed by atoms with van der Waals surface area (Å²) < 4.78 is 0. The van der Waals surface area contributed by atoms with Crippen molar-refractivity contribution in [2.75, 3.05) is 19.6 Å². The number of likely N-dealkylation sites (tertiary alicyclic amines) is 1. The van der Waals surface area contributed by atoms with E-state index in [1.54, 1.807) is 0 Å². The second kappa shape index (κ2) is 9.02. The number of hydrogen-bond donors (Lipinski definition) is 1. The van der Waals surface area contributed by atoms with Gasteiger partial charge >= 0.3 is 0 Å². The van der Waals surface area contributed by atoms with Crippen molar-refractivity contribution in [3.8, 4) is 0 Å². The Morgan fingerprint density at radius 2 is 1.72 bits per heavy atom. The van der Waals surface area contributed by atoms with Crippen LogP contribution in [0.15, 0.2) is 54.6 Å². The first-order valence-corrected chi connectivity index (χ1v) is 9.41. The van der Waals surface area contributed by atoms with E-state index in [1.165, 1.54) is 18.4 Å². The molecule has 1 aliphatic rings. The van der Waals surface area contributed by atoms with Crippen LogP contribution in [0.3, 0.4) is 0 Å². The number of rotatable bonds is 7. The molecule has 0 saturated carbocycles. The maximum absolute atomic E-state index is 12.3. The van der Waals surface area contributed by atoms with Gasteiger partial charge in [-0.3, -0.25) is 9.69 Å². The molecule has 0 radical (unpaired) electrons. The molecule has 1 amide bonds. The van der Waals surface area contributed by atoms with Crippen LogP contribution in [0.4, 0.5) is 0 Å². The van der Waals surface area contributed by atoms with Gasteiger partial charge < -0.3 is 5.32 Å². The van der Waals surface area contributed by atoms with Crippen molar-refractivity contribution in [2.24, 2.45) is 0 Å². The number of amides is 1. The van der Waals surface area contributed by atoms with Gasteiger partial charge in [0.05, 0.1) is 6.04 Å². The van der Waals surface area contributed by atoms with Gasteiger partial charge in [-0.25, -0.2) is 0 Å². The van der Waals surface area contributed by atoms with E-state index in [9.17, 15) is 4.79 Å². The molecule has 0 aliphatic carbocycles. The van der Waals surface area contributed by atoms with E-state index in [0.717, 1.165) is 30.1 Å². The molecule has 2 aromatic rings. The Bertz CT molecular complexity index is 683. The molecule has 1 heterocycles. The Balaban J connectivity index is 1.59. The van der Waals surface area contributed by atoms with Crippen LogP contribution < -0.4 is 5.32 Å². The molecular weight excluding hydrogens is 332 g/mol. The molecule has 1 unspecified atom stereocenters. The maximum atomic E-state index is 12.3. The molecule has 1 atom stereocenters. The van der Waals surface area contributed by atoms with Crippen LogP contribution in [0.5, 0.6) is 0 Å². The quantitative estimate of drug-likeness (QED) is 0.805. The summed E-state index contributed by atoms with van der Waals surface area (Å²) in [5.41, 5.74) is 2.30. The van der Waals surface area contributed by atoms with E-state index < -0.39 is 0 Å². The number of hydrogen-bond acceptors (Lipinski definition) is 2. The van der Waals surface area contributed by atoms with E-state index in [1.807, 2.05) is 36.4 Å². The largest absolute Gasteiger partial charge is 0.354 e. The second-order valence-corrected chi connectivity index (χ2v) is 6.98. The van der Waals surface area contributed by atoms with E-state index in [4.69, 9.17) is 11.6 Å². The summed E-state index contributed by atoms with van der Waals surface area (Å²) in [4.78, 5) is 14.7. The van der Waals surface area contributed by atoms with Crippen LogP contribution >= 0.6 is 11.6 Å². The normalized spacial score (nSPS) is 15.9. The predicted octanol–water partition coefficient (Wildman–Crippen LogP) is 4.23. The number of aryl methyl sites for hydroxylation is 1. The molecule has 2 aromatic carbocycles. The Labute approximate surface area is 155 Å². The molecule has 4 heteroatoms. The fraction of sp³-hybridized carbons (Fsp3) is 0.381. The van der Waals surface area contributed by atoms with Crippen molar-refractivity contribution < 1.29 is 4.79 Å². The van der Waals surface area contributed by atoms with Gasteiger partial charge in [0.25, 0.3) is 0 Å². The Morgan fingerprint density at radius 1 is 1.04 bits per heavy atom. The highest BCUT2D eigenvalue weighted by Gasteiger charge is 2.25. The Morgan fingerprint density at radius 3 is 2.44 bits per heavy atom. The van der Waals surface area contributed by atoms with E-state index >= 15 is 0 Å². The third kappa shape index (κ3) is 5.07. The zero-order valence-corrected chi connectivity index (χ0v) is 15.2. The van der Waals surface area contributed by atoms with Crippen molar-refractivity contribution in [3.05, 3.63) is 70.7 Å². The van der Waals surface area contributed by atoms with Gasteiger partial charge in [0.15, 0.2) is 0 Å². The highest BCUT2D eigenvalue weighted by molar-refractivity contribution is 6.31. The predicted molar refractivity (Wildman–Crippen MR) is 103 cm³/mol. The SMILES string of the molecule is O=C(CCc1ccccc1)NCC(c1ccccc1Cl)N1CCCC1. The first kappa shape index (κ1) is 18.0. The van der Waals surface area contributed by atoms with Crippen LogP contribution in [0.25, 0.3) is 0 Å². The number of carbonyl (C=O) groups excluding carboxylic acids is 1. The lowest BCUT2D eigenvalue weighted by molar-refractivity contribution is -0.121. The molecule has 0 bridgehead atoms. The van der Waals surface area contributed by atoms with E-state index in [0.29, 0.717) is 13.0 Å². The number of halogens is 1. The molecule has 1 N–H and O–H groups in total. The molecule has 3 nitrogen and oxygen atoms in total. The fourth-order valence-corrected chi connectivity index (χ4v) is 3.70. The van der Waals surface area contributed by atoms with Crippen LogP contribution in [-0.4, -0.2) is 30.4 Å². The van der Waals surface area contributed by atoms with Gasteiger partial charge in [0.2, 0.25) is 5.91 Å². The minimum atomic E-state index is 0.0973. The third-order valence-electron chi connectivity index (χ3n) is 4.82. The molecule has 1 saturated heterocycles. The number of carbonyl (C=O) groups is 1. The highest BCUT2D eigenvalue weighted by atomic mass is 35.5. The molecule has 132 valence electrons. The fourth-order valence-electron chi connectivity index (χ4n) is 3.44. The average molecular weight is 357 g/mol. The average Bonchev–Trinajstić information content (AvgIpc) is 3.17. The first-order valence-electron chi connectivity index (χ1n) is 9.03. The van der Waals surface area contributed by atoms with Crippen molar-refractivity contribution in [1.29, 1.82) is 0 Å². The van der Waals surface area contributed by atoms with Crippen LogP contribution in [0.2, 0.25) is 5.02 Å². The van der Waals surface area contributed by atoms with Crippen LogP contribution in [0.1, 0.15) is 36.4 Å². The van der Waals surface area contributed by atoms with E-state index in [-0.39, 0.29) is 11.9 Å². The van der Waals surface area contributed by atoms with Crippen molar-refractivity contribution >= 4 is 17.5 Å². The standard InChI is InChI=1S/C21H25ClN2O/c22-19-11-5-4-10-18(19)20(24-14-6-7-15-24)16-23-21(25)13-12-17-8-2-1-3-9-17/h1-5,8-11,20H,6-7,12-16H2,(H,23,25). The van der Waals surface area contributed by atoms with Gasteiger partial charge in [-0.1, -0.05) is 60.1 Å². The van der Waals surface area contributed by atoms with Crippen molar-refractivity contribution in [1.82, 2.24) is 10.2 Å². The van der Waals surface area contributed by atoms with Gasteiger partial charge in [-0.05, 0) is 49.5 Å². The Kier molecular flexibility index (Phi) is 6.48. The van der Waals surface area contributed by atoms with E-state index in [2.05, 4.69) is 28.4 Å². The topological polar surface area (TPSA) is 32.3 Å². The zero-order chi connectivity index (χ0) is 17.5. The number of nitrogens with zero attached hydrogens (tertiary/aromatic N) is 1. The van der Waals surface area contributed by atoms with Crippen molar-refractivity contribution in [3.63, 3.8) is 0 Å². The summed E-state index contributed by atoms with van der Waals surface area (Å²) in [7, 11) is 0. The summed E-state index contributed by atoms with van der Waals surface area (Å²) >= 11 is 6.41. The zero-order valence-electron chi connectivity index (χ0n) is 14.5. The highest BCUT2D eigenvalue weighted by Crippen LogP contribution is 2.29. The molecular formula is C21H25ClN2O. The second-order valence-electron chi connectivity index (χ2n) is 6.57. The van der Waals surface area contributed by atoms with Crippen LogP contribution in [-0.2, 0) is 11.2 Å². The molecule has 3 rings (SSSR count). The van der Waals surface area contributed by atoms with Gasteiger partial charge in [0.1, 0.15) is 0 Å². The minimum absolute atomic E-state index is 0.0973. The molecule has 0 spiro atoms.